The fraction of sp³-hybridized carbons (Fsp3) is 0.667. The maximum atomic E-state index is 10.2. The van der Waals surface area contributed by atoms with Gasteiger partial charge in [-0.05, 0) is 49.8 Å². The first kappa shape index (κ1) is 14.1. The minimum Gasteiger partial charge on any atom is -0.391 e. The summed E-state index contributed by atoms with van der Waals surface area (Å²) in [7, 11) is 0. The minimum atomic E-state index is -0.0927. The Morgan fingerprint density at radius 1 is 1.05 bits per heavy atom. The topological polar surface area (TPSA) is 23.5 Å². The zero-order chi connectivity index (χ0) is 14.0. The van der Waals surface area contributed by atoms with Crippen molar-refractivity contribution in [2.75, 3.05) is 13.1 Å². The van der Waals surface area contributed by atoms with Crippen LogP contribution >= 0.6 is 0 Å². The highest BCUT2D eigenvalue weighted by Gasteiger charge is 2.36. The van der Waals surface area contributed by atoms with E-state index in [1.165, 1.54) is 37.7 Å². The standard InChI is InChI=1S/C18H27NO/c1-18(15-7-3-2-4-8-15)11-13-19(14-12-18)16-9-5-6-10-17(16)20/h2-4,7-8,16-17,20H,5-6,9-14H2,1H3/t16-,17-/m1/s1. The van der Waals surface area contributed by atoms with E-state index in [0.29, 0.717) is 11.5 Å². The van der Waals surface area contributed by atoms with Gasteiger partial charge in [-0.2, -0.15) is 0 Å². The lowest BCUT2D eigenvalue weighted by molar-refractivity contribution is 0.00129. The van der Waals surface area contributed by atoms with Crippen molar-refractivity contribution in [3.05, 3.63) is 35.9 Å². The summed E-state index contributed by atoms with van der Waals surface area (Å²) in [5.74, 6) is 0. The zero-order valence-corrected chi connectivity index (χ0v) is 12.6. The highest BCUT2D eigenvalue weighted by atomic mass is 16.3. The van der Waals surface area contributed by atoms with Crippen molar-refractivity contribution in [3.63, 3.8) is 0 Å². The number of benzene rings is 1. The first-order valence-electron chi connectivity index (χ1n) is 8.17. The third kappa shape index (κ3) is 2.77. The number of hydrogen-bond donors (Lipinski definition) is 1. The van der Waals surface area contributed by atoms with Gasteiger partial charge in [0.2, 0.25) is 0 Å². The Morgan fingerprint density at radius 3 is 2.35 bits per heavy atom. The fourth-order valence-corrected chi connectivity index (χ4v) is 4.00. The second kappa shape index (κ2) is 5.87. The Balaban J connectivity index is 1.64. The molecule has 2 fully saturated rings. The fourth-order valence-electron chi connectivity index (χ4n) is 4.00. The molecular formula is C18H27NO. The van der Waals surface area contributed by atoms with Gasteiger partial charge >= 0.3 is 0 Å². The van der Waals surface area contributed by atoms with Gasteiger partial charge in [-0.15, -0.1) is 0 Å². The van der Waals surface area contributed by atoms with Crippen molar-refractivity contribution < 1.29 is 5.11 Å². The number of nitrogens with zero attached hydrogens (tertiary/aromatic N) is 1. The van der Waals surface area contributed by atoms with Gasteiger partial charge in [-0.25, -0.2) is 0 Å². The van der Waals surface area contributed by atoms with Gasteiger partial charge in [-0.1, -0.05) is 50.1 Å². The molecule has 2 aliphatic rings. The third-order valence-electron chi connectivity index (χ3n) is 5.54. The molecule has 1 saturated heterocycles. The quantitative estimate of drug-likeness (QED) is 0.893. The molecule has 1 N–H and O–H groups in total. The summed E-state index contributed by atoms with van der Waals surface area (Å²) in [4.78, 5) is 2.55. The van der Waals surface area contributed by atoms with Gasteiger partial charge in [-0.3, -0.25) is 4.90 Å². The molecule has 0 unspecified atom stereocenters. The number of piperidine rings is 1. The molecule has 1 aliphatic carbocycles. The Bertz CT molecular complexity index is 422. The summed E-state index contributed by atoms with van der Waals surface area (Å²) in [6, 6.07) is 11.4. The molecule has 1 aromatic carbocycles. The second-order valence-electron chi connectivity index (χ2n) is 6.88. The highest BCUT2D eigenvalue weighted by Crippen LogP contribution is 2.37. The van der Waals surface area contributed by atoms with Crippen LogP contribution in [0.2, 0.25) is 0 Å². The Hall–Kier alpha value is -0.860. The van der Waals surface area contributed by atoms with Crippen LogP contribution in [0.1, 0.15) is 51.0 Å². The molecule has 2 atom stereocenters. The zero-order valence-electron chi connectivity index (χ0n) is 12.6. The van der Waals surface area contributed by atoms with Crippen LogP contribution in [0, 0.1) is 0 Å². The lowest BCUT2D eigenvalue weighted by atomic mass is 9.74. The van der Waals surface area contributed by atoms with Gasteiger partial charge in [0.15, 0.2) is 0 Å². The maximum Gasteiger partial charge on any atom is 0.0695 e. The average molecular weight is 273 g/mol. The smallest absolute Gasteiger partial charge is 0.0695 e. The molecule has 0 amide bonds. The molecule has 0 spiro atoms. The lowest BCUT2D eigenvalue weighted by Crippen LogP contribution is -2.51. The van der Waals surface area contributed by atoms with Gasteiger partial charge < -0.3 is 5.11 Å². The van der Waals surface area contributed by atoms with E-state index in [4.69, 9.17) is 0 Å². The van der Waals surface area contributed by atoms with Gasteiger partial charge in [0.25, 0.3) is 0 Å². The van der Waals surface area contributed by atoms with Crippen molar-refractivity contribution in [2.24, 2.45) is 0 Å². The molecule has 1 heterocycles. The average Bonchev–Trinajstić information content (AvgIpc) is 2.50. The Labute approximate surface area is 122 Å². The van der Waals surface area contributed by atoms with Crippen LogP contribution in [-0.4, -0.2) is 35.2 Å². The second-order valence-corrected chi connectivity index (χ2v) is 6.88. The largest absolute Gasteiger partial charge is 0.391 e. The minimum absolute atomic E-state index is 0.0927. The number of hydrogen-bond acceptors (Lipinski definition) is 2. The lowest BCUT2D eigenvalue weighted by Gasteiger charge is -2.45. The van der Waals surface area contributed by atoms with E-state index in [-0.39, 0.29) is 6.10 Å². The van der Waals surface area contributed by atoms with E-state index in [1.807, 2.05) is 0 Å². The Morgan fingerprint density at radius 2 is 1.70 bits per heavy atom. The summed E-state index contributed by atoms with van der Waals surface area (Å²) in [6.07, 6.45) is 6.99. The van der Waals surface area contributed by atoms with Crippen LogP contribution < -0.4 is 0 Å². The van der Waals surface area contributed by atoms with Crippen LogP contribution in [0.5, 0.6) is 0 Å². The number of rotatable bonds is 2. The van der Waals surface area contributed by atoms with E-state index in [2.05, 4.69) is 42.2 Å². The molecule has 1 saturated carbocycles. The van der Waals surface area contributed by atoms with E-state index in [9.17, 15) is 5.11 Å². The molecule has 2 nitrogen and oxygen atoms in total. The van der Waals surface area contributed by atoms with Gasteiger partial charge in [0.05, 0.1) is 6.10 Å². The van der Waals surface area contributed by atoms with Crippen LogP contribution in [0.3, 0.4) is 0 Å². The molecule has 2 heteroatoms. The molecule has 0 bridgehead atoms. The van der Waals surface area contributed by atoms with Crippen LogP contribution in [0.4, 0.5) is 0 Å². The molecule has 110 valence electrons. The third-order valence-corrected chi connectivity index (χ3v) is 5.54. The van der Waals surface area contributed by atoms with Crippen molar-refractivity contribution >= 4 is 0 Å². The molecule has 20 heavy (non-hydrogen) atoms. The number of aliphatic hydroxyl groups excluding tert-OH is 1. The highest BCUT2D eigenvalue weighted by molar-refractivity contribution is 5.25. The van der Waals surface area contributed by atoms with E-state index < -0.39 is 0 Å². The van der Waals surface area contributed by atoms with Crippen molar-refractivity contribution in [1.82, 2.24) is 4.90 Å². The molecule has 0 radical (unpaired) electrons. The SMILES string of the molecule is CC1(c2ccccc2)CCN([C@@H]2CCCC[C@H]2O)CC1. The van der Waals surface area contributed by atoms with Crippen LogP contribution in [0.25, 0.3) is 0 Å². The first-order chi connectivity index (χ1) is 9.69. The number of likely N-dealkylation sites (tertiary alicyclic amines) is 1. The molecular weight excluding hydrogens is 246 g/mol. The van der Waals surface area contributed by atoms with E-state index >= 15 is 0 Å². The van der Waals surface area contributed by atoms with Crippen LogP contribution in [0.15, 0.2) is 30.3 Å². The summed E-state index contributed by atoms with van der Waals surface area (Å²) in [5, 5.41) is 10.2. The van der Waals surface area contributed by atoms with Crippen molar-refractivity contribution in [2.45, 2.75) is 63.0 Å². The number of aliphatic hydroxyl groups is 1. The monoisotopic (exact) mass is 273 g/mol. The van der Waals surface area contributed by atoms with Crippen LogP contribution in [-0.2, 0) is 5.41 Å². The molecule has 0 aromatic heterocycles. The van der Waals surface area contributed by atoms with Gasteiger partial charge in [0.1, 0.15) is 0 Å². The summed E-state index contributed by atoms with van der Waals surface area (Å²) >= 11 is 0. The summed E-state index contributed by atoms with van der Waals surface area (Å²) < 4.78 is 0. The molecule has 1 aromatic rings. The summed E-state index contributed by atoms with van der Waals surface area (Å²) in [5.41, 5.74) is 1.79. The summed E-state index contributed by atoms with van der Waals surface area (Å²) in [6.45, 7) is 4.66. The maximum absolute atomic E-state index is 10.2. The van der Waals surface area contributed by atoms with Gasteiger partial charge in [0, 0.05) is 6.04 Å². The predicted octanol–water partition coefficient (Wildman–Crippen LogP) is 3.34. The normalized spacial score (nSPS) is 31.1. The van der Waals surface area contributed by atoms with Crippen molar-refractivity contribution in [1.29, 1.82) is 0 Å². The predicted molar refractivity (Wildman–Crippen MR) is 82.9 cm³/mol. The first-order valence-corrected chi connectivity index (χ1v) is 8.17. The molecule has 1 aliphatic heterocycles. The molecule has 3 rings (SSSR count). The van der Waals surface area contributed by atoms with E-state index in [1.54, 1.807) is 0 Å². The van der Waals surface area contributed by atoms with E-state index in [0.717, 1.165) is 19.5 Å². The Kier molecular flexibility index (Phi) is 4.13. The van der Waals surface area contributed by atoms with Crippen molar-refractivity contribution in [3.8, 4) is 0 Å².